The van der Waals surface area contributed by atoms with E-state index in [-0.39, 0.29) is 0 Å². The molecule has 3 N–H and O–H groups in total. The lowest BCUT2D eigenvalue weighted by Gasteiger charge is -1.95. The van der Waals surface area contributed by atoms with Gasteiger partial charge in [0.25, 0.3) is 0 Å². The number of H-pyrrole nitrogens is 1. The summed E-state index contributed by atoms with van der Waals surface area (Å²) in [7, 11) is 0. The largest absolute Gasteiger partial charge is 0.383 e. The van der Waals surface area contributed by atoms with Gasteiger partial charge in [-0.2, -0.15) is 0 Å². The van der Waals surface area contributed by atoms with E-state index in [0.29, 0.717) is 5.82 Å². The van der Waals surface area contributed by atoms with Gasteiger partial charge in [0.15, 0.2) is 0 Å². The number of nitrogen functional groups attached to an aromatic ring is 1. The maximum Gasteiger partial charge on any atom is 0.138 e. The minimum absolute atomic E-state index is 0.525. The molecule has 0 aliphatic carbocycles. The van der Waals surface area contributed by atoms with Gasteiger partial charge >= 0.3 is 0 Å². The van der Waals surface area contributed by atoms with Crippen molar-refractivity contribution in [3.8, 4) is 0 Å². The molecule has 0 bridgehead atoms. The van der Waals surface area contributed by atoms with E-state index in [0.717, 1.165) is 15.5 Å². The average molecular weight is 212 g/mol. The third-order valence-electron chi connectivity index (χ3n) is 1.51. The van der Waals surface area contributed by atoms with Crippen LogP contribution in [0.2, 0.25) is 0 Å². The van der Waals surface area contributed by atoms with Gasteiger partial charge in [-0.05, 0) is 28.1 Å². The van der Waals surface area contributed by atoms with Crippen molar-refractivity contribution in [3.05, 3.63) is 22.8 Å². The number of hydrogen-bond acceptors (Lipinski definition) is 2. The van der Waals surface area contributed by atoms with Gasteiger partial charge in [-0.15, -0.1) is 0 Å². The Morgan fingerprint density at radius 3 is 3.18 bits per heavy atom. The predicted molar refractivity (Wildman–Crippen MR) is 48.2 cm³/mol. The summed E-state index contributed by atoms with van der Waals surface area (Å²) in [6, 6.07) is 3.80. The molecule has 0 amide bonds. The van der Waals surface area contributed by atoms with Crippen LogP contribution in [0.4, 0.5) is 5.82 Å². The molecular weight excluding hydrogens is 206 g/mol. The van der Waals surface area contributed by atoms with Gasteiger partial charge in [-0.25, -0.2) is 4.98 Å². The number of nitrogens with one attached hydrogen (secondary N) is 1. The highest BCUT2D eigenvalue weighted by Gasteiger charge is 2.00. The lowest BCUT2D eigenvalue weighted by atomic mass is 10.4. The van der Waals surface area contributed by atoms with Crippen molar-refractivity contribution in [1.29, 1.82) is 0 Å². The summed E-state index contributed by atoms with van der Waals surface area (Å²) in [5, 5.41) is 0. The number of hydrogen-bond donors (Lipinski definition) is 2. The fraction of sp³-hybridized carbons (Fsp3) is 0. The number of aromatic amines is 1. The Balaban J connectivity index is 2.86. The zero-order valence-corrected chi connectivity index (χ0v) is 7.22. The zero-order valence-electron chi connectivity index (χ0n) is 5.63. The third-order valence-corrected chi connectivity index (χ3v) is 2.15. The Morgan fingerprint density at radius 1 is 1.55 bits per heavy atom. The van der Waals surface area contributed by atoms with Crippen LogP contribution in [0.25, 0.3) is 11.0 Å². The van der Waals surface area contributed by atoms with Gasteiger partial charge in [0, 0.05) is 6.20 Å². The summed E-state index contributed by atoms with van der Waals surface area (Å²) in [5.74, 6) is 0.525. The van der Waals surface area contributed by atoms with Crippen molar-refractivity contribution < 1.29 is 0 Å². The van der Waals surface area contributed by atoms with Gasteiger partial charge < -0.3 is 10.7 Å². The first-order valence-electron chi connectivity index (χ1n) is 3.16. The van der Waals surface area contributed by atoms with Crippen LogP contribution >= 0.6 is 15.9 Å². The number of fused-ring (bicyclic) bond motifs is 1. The summed E-state index contributed by atoms with van der Waals surface area (Å²) in [5.41, 5.74) is 7.46. The molecule has 0 saturated heterocycles. The van der Waals surface area contributed by atoms with Crippen LogP contribution in [0.5, 0.6) is 0 Å². The van der Waals surface area contributed by atoms with E-state index in [1.807, 2.05) is 18.3 Å². The van der Waals surface area contributed by atoms with Crippen molar-refractivity contribution in [3.63, 3.8) is 0 Å². The number of halogens is 1. The fourth-order valence-electron chi connectivity index (χ4n) is 0.971. The molecule has 0 aliphatic heterocycles. The Hall–Kier alpha value is -1.03. The van der Waals surface area contributed by atoms with Gasteiger partial charge in [-0.1, -0.05) is 0 Å². The normalized spacial score (nSPS) is 10.6. The first-order chi connectivity index (χ1) is 5.27. The molecule has 0 aromatic carbocycles. The number of aromatic nitrogens is 2. The summed E-state index contributed by atoms with van der Waals surface area (Å²) >= 11 is 3.29. The first-order valence-corrected chi connectivity index (χ1v) is 3.96. The topological polar surface area (TPSA) is 54.7 Å². The van der Waals surface area contributed by atoms with Gasteiger partial charge in [0.05, 0.1) is 15.5 Å². The molecule has 2 rings (SSSR count). The Morgan fingerprint density at radius 2 is 2.36 bits per heavy atom. The molecule has 0 fully saturated rings. The predicted octanol–water partition coefficient (Wildman–Crippen LogP) is 1.91. The molecular formula is C7H6BrN3. The van der Waals surface area contributed by atoms with Crippen LogP contribution in [0.15, 0.2) is 22.8 Å². The van der Waals surface area contributed by atoms with Crippen LogP contribution in [-0.4, -0.2) is 9.97 Å². The SMILES string of the molecule is Nc1nc2cc[nH]c2cc1Br. The standard InChI is InChI=1S/C7H6BrN3/c8-4-3-6-5(1-2-10-6)11-7(4)9/h1-3,10H,(H2,9,11). The lowest BCUT2D eigenvalue weighted by Crippen LogP contribution is -1.90. The van der Waals surface area contributed by atoms with Gasteiger partial charge in [0.1, 0.15) is 5.82 Å². The highest BCUT2D eigenvalue weighted by atomic mass is 79.9. The van der Waals surface area contributed by atoms with Crippen LogP contribution in [0.3, 0.4) is 0 Å². The van der Waals surface area contributed by atoms with E-state index in [4.69, 9.17) is 5.73 Å². The van der Waals surface area contributed by atoms with Gasteiger partial charge in [-0.3, -0.25) is 0 Å². The molecule has 0 saturated carbocycles. The third kappa shape index (κ3) is 0.991. The maximum atomic E-state index is 5.57. The van der Waals surface area contributed by atoms with Gasteiger partial charge in [0.2, 0.25) is 0 Å². The summed E-state index contributed by atoms with van der Waals surface area (Å²) in [6.45, 7) is 0. The van der Waals surface area contributed by atoms with E-state index >= 15 is 0 Å². The molecule has 3 nitrogen and oxygen atoms in total. The second-order valence-electron chi connectivity index (χ2n) is 2.27. The van der Waals surface area contributed by atoms with E-state index in [1.54, 1.807) is 0 Å². The second-order valence-corrected chi connectivity index (χ2v) is 3.12. The van der Waals surface area contributed by atoms with Crippen molar-refractivity contribution >= 4 is 32.8 Å². The van der Waals surface area contributed by atoms with Crippen LogP contribution in [0.1, 0.15) is 0 Å². The van der Waals surface area contributed by atoms with Crippen LogP contribution in [0, 0.1) is 0 Å². The number of nitrogens with zero attached hydrogens (tertiary/aromatic N) is 1. The summed E-state index contributed by atoms with van der Waals surface area (Å²) < 4.78 is 0.826. The van der Waals surface area contributed by atoms with E-state index in [1.165, 1.54) is 0 Å². The second kappa shape index (κ2) is 2.23. The smallest absolute Gasteiger partial charge is 0.138 e. The minimum Gasteiger partial charge on any atom is -0.383 e. The maximum absolute atomic E-state index is 5.57. The van der Waals surface area contributed by atoms with Crippen molar-refractivity contribution in [2.75, 3.05) is 5.73 Å². The summed E-state index contributed by atoms with van der Waals surface area (Å²) in [4.78, 5) is 7.17. The molecule has 0 unspecified atom stereocenters. The van der Waals surface area contributed by atoms with Crippen LogP contribution in [-0.2, 0) is 0 Å². The highest BCUT2D eigenvalue weighted by molar-refractivity contribution is 9.10. The number of pyridine rings is 1. The highest BCUT2D eigenvalue weighted by Crippen LogP contribution is 2.21. The molecule has 2 aromatic heterocycles. The molecule has 0 radical (unpaired) electrons. The number of rotatable bonds is 0. The van der Waals surface area contributed by atoms with E-state index < -0.39 is 0 Å². The molecule has 56 valence electrons. The van der Waals surface area contributed by atoms with E-state index in [2.05, 4.69) is 25.9 Å². The fourth-order valence-corrected chi connectivity index (χ4v) is 1.29. The molecule has 4 heteroatoms. The number of anilines is 1. The average Bonchev–Trinajstić information content (AvgIpc) is 2.36. The minimum atomic E-state index is 0.525. The Kier molecular flexibility index (Phi) is 1.35. The molecule has 0 aliphatic rings. The van der Waals surface area contributed by atoms with Crippen LogP contribution < -0.4 is 5.73 Å². The van der Waals surface area contributed by atoms with E-state index in [9.17, 15) is 0 Å². The molecule has 2 heterocycles. The quantitative estimate of drug-likeness (QED) is 0.700. The zero-order chi connectivity index (χ0) is 7.84. The Bertz CT molecular complexity index is 357. The van der Waals surface area contributed by atoms with Crippen molar-refractivity contribution in [2.24, 2.45) is 0 Å². The van der Waals surface area contributed by atoms with Crippen molar-refractivity contribution in [2.45, 2.75) is 0 Å². The molecule has 0 spiro atoms. The molecule has 2 aromatic rings. The summed E-state index contributed by atoms with van der Waals surface area (Å²) in [6.07, 6.45) is 1.84. The first kappa shape index (κ1) is 6.67. The monoisotopic (exact) mass is 211 g/mol. The Labute approximate surface area is 71.7 Å². The van der Waals surface area contributed by atoms with Crippen molar-refractivity contribution in [1.82, 2.24) is 9.97 Å². The molecule has 11 heavy (non-hydrogen) atoms. The lowest BCUT2D eigenvalue weighted by molar-refractivity contribution is 1.39. The molecule has 0 atom stereocenters. The number of nitrogens with two attached hydrogens (primary N) is 1.